The number of carbonyl (C=O) groups excluding carboxylic acids is 1. The molecule has 3 heterocycles. The molecule has 7 heteroatoms. The molecule has 0 fully saturated rings. The second kappa shape index (κ2) is 6.36. The molecule has 2 aliphatic heterocycles. The number of hydrogen-bond donors (Lipinski definition) is 2. The molecule has 0 spiro atoms. The number of ether oxygens (including phenoxy) is 1. The second-order valence-corrected chi connectivity index (χ2v) is 8.00. The number of aromatic hydroxyl groups is 1. The molecule has 2 aromatic rings. The molecule has 2 aliphatic rings. The molecule has 1 aromatic carbocycles. The molecular formula is C21H25N3O4. The summed E-state index contributed by atoms with van der Waals surface area (Å²) in [6, 6.07) is 0. The Kier molecular flexibility index (Phi) is 4.21. The molecule has 4 rings (SSSR count). The van der Waals surface area contributed by atoms with Crippen LogP contribution in [0.25, 0.3) is 0 Å². The van der Waals surface area contributed by atoms with Crippen molar-refractivity contribution < 1.29 is 14.6 Å². The van der Waals surface area contributed by atoms with Crippen molar-refractivity contribution in [3.63, 3.8) is 0 Å². The van der Waals surface area contributed by atoms with Crippen molar-refractivity contribution in [1.29, 1.82) is 0 Å². The van der Waals surface area contributed by atoms with Crippen LogP contribution in [0, 0.1) is 20.8 Å². The van der Waals surface area contributed by atoms with Crippen molar-refractivity contribution >= 4 is 5.91 Å². The number of nitrogens with one attached hydrogen (secondary N) is 1. The van der Waals surface area contributed by atoms with Gasteiger partial charge < -0.3 is 19.7 Å². The standard InChI is InChI=1S/C21H25N3O4/c1-11-12(2)18-14(13(3)17(11)25)5-7-21(4,28-18)20(27)24-8-6-15-16(9-24)22-10-23-19(15)26/h10,25H,5-9H2,1-4H3,(H,22,23,26)/t21-/m1/s1. The Morgan fingerprint density at radius 2 is 1.96 bits per heavy atom. The summed E-state index contributed by atoms with van der Waals surface area (Å²) in [5.41, 5.74) is 3.64. The van der Waals surface area contributed by atoms with Crippen molar-refractivity contribution in [3.8, 4) is 11.5 Å². The summed E-state index contributed by atoms with van der Waals surface area (Å²) in [4.78, 5) is 33.9. The number of carbonyl (C=O) groups is 1. The van der Waals surface area contributed by atoms with Crippen LogP contribution in [-0.2, 0) is 24.2 Å². The van der Waals surface area contributed by atoms with Gasteiger partial charge in [-0.2, -0.15) is 0 Å². The molecule has 148 valence electrons. The number of phenols is 1. The topological polar surface area (TPSA) is 95.5 Å². The highest BCUT2D eigenvalue weighted by atomic mass is 16.5. The van der Waals surface area contributed by atoms with E-state index in [4.69, 9.17) is 4.74 Å². The van der Waals surface area contributed by atoms with Gasteiger partial charge in [-0.25, -0.2) is 4.98 Å². The van der Waals surface area contributed by atoms with Gasteiger partial charge in [0.05, 0.1) is 18.6 Å². The van der Waals surface area contributed by atoms with E-state index in [2.05, 4.69) is 9.97 Å². The Labute approximate surface area is 163 Å². The number of phenolic OH excluding ortho intramolecular Hbond substituents is 1. The van der Waals surface area contributed by atoms with Crippen LogP contribution in [0.2, 0.25) is 0 Å². The molecule has 0 saturated heterocycles. The van der Waals surface area contributed by atoms with E-state index in [9.17, 15) is 14.7 Å². The summed E-state index contributed by atoms with van der Waals surface area (Å²) in [5, 5.41) is 10.3. The first kappa shape index (κ1) is 18.5. The Morgan fingerprint density at radius 3 is 2.71 bits per heavy atom. The Hall–Kier alpha value is -2.83. The lowest BCUT2D eigenvalue weighted by Crippen LogP contribution is -2.54. The van der Waals surface area contributed by atoms with Crippen molar-refractivity contribution in [2.24, 2.45) is 0 Å². The predicted octanol–water partition coefficient (Wildman–Crippen LogP) is 2.07. The van der Waals surface area contributed by atoms with Gasteiger partial charge in [-0.05, 0) is 57.2 Å². The molecule has 0 unspecified atom stereocenters. The maximum absolute atomic E-state index is 13.4. The largest absolute Gasteiger partial charge is 0.507 e. The van der Waals surface area contributed by atoms with E-state index in [1.807, 2.05) is 27.7 Å². The maximum atomic E-state index is 13.4. The van der Waals surface area contributed by atoms with Gasteiger partial charge in [-0.1, -0.05) is 0 Å². The SMILES string of the molecule is Cc1c(C)c2c(c(C)c1O)CC[C@](C)(C(=O)N1CCc3c(nc[nH]c3=O)C1)O2. The Morgan fingerprint density at radius 1 is 1.21 bits per heavy atom. The summed E-state index contributed by atoms with van der Waals surface area (Å²) >= 11 is 0. The number of H-pyrrole nitrogens is 1. The number of amides is 1. The molecule has 0 bridgehead atoms. The number of aromatic amines is 1. The zero-order chi connectivity index (χ0) is 20.2. The van der Waals surface area contributed by atoms with Crippen LogP contribution in [-0.4, -0.2) is 38.0 Å². The summed E-state index contributed by atoms with van der Waals surface area (Å²) in [7, 11) is 0. The van der Waals surface area contributed by atoms with Crippen molar-refractivity contribution in [2.75, 3.05) is 6.54 Å². The number of aromatic nitrogens is 2. The number of fused-ring (bicyclic) bond motifs is 2. The number of hydrogen-bond acceptors (Lipinski definition) is 5. The van der Waals surface area contributed by atoms with Gasteiger partial charge in [-0.15, -0.1) is 0 Å². The van der Waals surface area contributed by atoms with E-state index in [1.165, 1.54) is 6.33 Å². The van der Waals surface area contributed by atoms with Crippen molar-refractivity contribution in [2.45, 2.75) is 59.1 Å². The zero-order valence-corrected chi connectivity index (χ0v) is 16.7. The van der Waals surface area contributed by atoms with Crippen LogP contribution < -0.4 is 10.3 Å². The van der Waals surface area contributed by atoms with E-state index >= 15 is 0 Å². The fourth-order valence-electron chi connectivity index (χ4n) is 4.27. The van der Waals surface area contributed by atoms with Crippen molar-refractivity contribution in [1.82, 2.24) is 14.9 Å². The van der Waals surface area contributed by atoms with E-state index in [-0.39, 0.29) is 11.5 Å². The van der Waals surface area contributed by atoms with Gasteiger partial charge in [0.15, 0.2) is 5.60 Å². The monoisotopic (exact) mass is 383 g/mol. The normalized spacial score (nSPS) is 20.9. The van der Waals surface area contributed by atoms with Crippen LogP contribution in [0.15, 0.2) is 11.1 Å². The number of rotatable bonds is 1. The molecule has 1 amide bonds. The van der Waals surface area contributed by atoms with Gasteiger partial charge >= 0.3 is 0 Å². The molecule has 0 radical (unpaired) electrons. The molecule has 2 N–H and O–H groups in total. The molecule has 28 heavy (non-hydrogen) atoms. The molecule has 1 atom stereocenters. The lowest BCUT2D eigenvalue weighted by Gasteiger charge is -2.40. The average molecular weight is 383 g/mol. The van der Waals surface area contributed by atoms with E-state index in [0.29, 0.717) is 55.1 Å². The first-order chi connectivity index (χ1) is 13.2. The van der Waals surface area contributed by atoms with Crippen LogP contribution in [0.3, 0.4) is 0 Å². The second-order valence-electron chi connectivity index (χ2n) is 8.00. The van der Waals surface area contributed by atoms with Crippen LogP contribution >= 0.6 is 0 Å². The minimum atomic E-state index is -0.980. The minimum Gasteiger partial charge on any atom is -0.507 e. The van der Waals surface area contributed by atoms with Gasteiger partial charge in [0.25, 0.3) is 11.5 Å². The van der Waals surface area contributed by atoms with Crippen LogP contribution in [0.4, 0.5) is 0 Å². The Balaban J connectivity index is 1.64. The summed E-state index contributed by atoms with van der Waals surface area (Å²) in [5.74, 6) is 0.925. The number of nitrogens with zero attached hydrogens (tertiary/aromatic N) is 2. The van der Waals surface area contributed by atoms with Crippen LogP contribution in [0.5, 0.6) is 11.5 Å². The van der Waals surface area contributed by atoms with Gasteiger partial charge in [0, 0.05) is 24.1 Å². The minimum absolute atomic E-state index is 0.0892. The smallest absolute Gasteiger partial charge is 0.266 e. The molecule has 0 aliphatic carbocycles. The third-order valence-corrected chi connectivity index (χ3v) is 6.27. The van der Waals surface area contributed by atoms with Crippen molar-refractivity contribution in [3.05, 3.63) is 50.2 Å². The molecule has 1 aromatic heterocycles. The quantitative estimate of drug-likeness (QED) is 0.786. The average Bonchev–Trinajstić information content (AvgIpc) is 2.70. The first-order valence-electron chi connectivity index (χ1n) is 9.58. The predicted molar refractivity (Wildman–Crippen MR) is 104 cm³/mol. The molecular weight excluding hydrogens is 358 g/mol. The lowest BCUT2D eigenvalue weighted by molar-refractivity contribution is -0.149. The lowest BCUT2D eigenvalue weighted by atomic mass is 9.86. The van der Waals surface area contributed by atoms with Gasteiger partial charge in [-0.3, -0.25) is 9.59 Å². The third-order valence-electron chi connectivity index (χ3n) is 6.27. The van der Waals surface area contributed by atoms with E-state index in [1.54, 1.807) is 4.90 Å². The fraction of sp³-hybridized carbons (Fsp3) is 0.476. The Bertz CT molecular complexity index is 1040. The summed E-state index contributed by atoms with van der Waals surface area (Å²) in [6.45, 7) is 8.28. The summed E-state index contributed by atoms with van der Waals surface area (Å²) in [6.07, 6.45) is 3.07. The highest BCUT2D eigenvalue weighted by Crippen LogP contribution is 2.43. The number of benzene rings is 1. The van der Waals surface area contributed by atoms with E-state index < -0.39 is 5.60 Å². The summed E-state index contributed by atoms with van der Waals surface area (Å²) < 4.78 is 6.30. The fourth-order valence-corrected chi connectivity index (χ4v) is 4.27. The van der Waals surface area contributed by atoms with E-state index in [0.717, 1.165) is 22.3 Å². The zero-order valence-electron chi connectivity index (χ0n) is 16.7. The van der Waals surface area contributed by atoms with Gasteiger partial charge in [0.1, 0.15) is 11.5 Å². The maximum Gasteiger partial charge on any atom is 0.266 e. The molecule has 7 nitrogen and oxygen atoms in total. The highest BCUT2D eigenvalue weighted by molar-refractivity contribution is 5.86. The highest BCUT2D eigenvalue weighted by Gasteiger charge is 2.44. The van der Waals surface area contributed by atoms with Gasteiger partial charge in [0.2, 0.25) is 0 Å². The first-order valence-corrected chi connectivity index (χ1v) is 9.58. The molecule has 0 saturated carbocycles. The van der Waals surface area contributed by atoms with Crippen LogP contribution in [0.1, 0.15) is 46.9 Å². The third kappa shape index (κ3) is 2.68.